The lowest BCUT2D eigenvalue weighted by Gasteiger charge is -2.04. The number of carbonyl (C=O) groups excluding carboxylic acids is 1. The van der Waals surface area contributed by atoms with Crippen molar-refractivity contribution >= 4 is 17.7 Å². The van der Waals surface area contributed by atoms with Crippen molar-refractivity contribution < 1.29 is 9.53 Å². The van der Waals surface area contributed by atoms with Gasteiger partial charge in [0.05, 0.1) is 12.4 Å². The van der Waals surface area contributed by atoms with E-state index in [0.29, 0.717) is 11.8 Å². The van der Waals surface area contributed by atoms with Gasteiger partial charge in [0.1, 0.15) is 0 Å². The molecule has 0 unspecified atom stereocenters. The molecule has 0 bridgehead atoms. The number of hydrogen-bond donors (Lipinski definition) is 1. The van der Waals surface area contributed by atoms with E-state index in [1.165, 1.54) is 17.8 Å². The number of nitrogens with one attached hydrogen (secondary N) is 1. The van der Waals surface area contributed by atoms with E-state index < -0.39 is 0 Å². The Kier molecular flexibility index (Phi) is 7.25. The first kappa shape index (κ1) is 15.8. The summed E-state index contributed by atoms with van der Waals surface area (Å²) in [5.41, 5.74) is 0.598. The fourth-order valence-corrected chi connectivity index (χ4v) is 2.12. The number of rotatable bonds is 8. The number of hydrogen-bond acceptors (Lipinski definition) is 5. The van der Waals surface area contributed by atoms with Crippen molar-refractivity contribution in [3.8, 4) is 0 Å². The van der Waals surface area contributed by atoms with Crippen LogP contribution in [0.5, 0.6) is 0 Å². The fourth-order valence-electron chi connectivity index (χ4n) is 1.42. The molecule has 1 aromatic heterocycles. The summed E-state index contributed by atoms with van der Waals surface area (Å²) >= 11 is 1.20. The molecule has 0 radical (unpaired) electrons. The summed E-state index contributed by atoms with van der Waals surface area (Å²) in [6, 6.07) is 1.51. The maximum atomic E-state index is 11.5. The second-order valence-corrected chi connectivity index (χ2v) is 5.12. The van der Waals surface area contributed by atoms with Crippen LogP contribution >= 0.6 is 11.8 Å². The Bertz CT molecular complexity index is 459. The van der Waals surface area contributed by atoms with Crippen LogP contribution in [0.2, 0.25) is 0 Å². The van der Waals surface area contributed by atoms with Gasteiger partial charge in [-0.2, -0.15) is 0 Å². The standard InChI is InChI=1S/C13H20N2O3S/c1-3-5-6-10-8-11(16)15-13(14-10)19-9-12(17)18-7-4-2/h8H,3-7,9H2,1-2H3,(H,14,15,16). The molecule has 1 aromatic rings. The number of H-pyrrole nitrogens is 1. The minimum atomic E-state index is -0.284. The van der Waals surface area contributed by atoms with E-state index in [0.717, 1.165) is 31.4 Å². The van der Waals surface area contributed by atoms with Gasteiger partial charge in [0, 0.05) is 11.8 Å². The number of aromatic nitrogens is 2. The molecule has 0 spiro atoms. The quantitative estimate of drug-likeness (QED) is 0.450. The van der Waals surface area contributed by atoms with Crippen molar-refractivity contribution in [1.29, 1.82) is 0 Å². The number of aryl methyl sites for hydroxylation is 1. The van der Waals surface area contributed by atoms with E-state index >= 15 is 0 Å². The van der Waals surface area contributed by atoms with Gasteiger partial charge in [-0.3, -0.25) is 9.59 Å². The second kappa shape index (κ2) is 8.74. The van der Waals surface area contributed by atoms with E-state index in [-0.39, 0.29) is 17.3 Å². The SMILES string of the molecule is CCCCc1cc(=O)[nH]c(SCC(=O)OCCC)n1. The predicted octanol–water partition coefficient (Wildman–Crippen LogP) is 2.16. The van der Waals surface area contributed by atoms with Gasteiger partial charge in [-0.1, -0.05) is 32.0 Å². The van der Waals surface area contributed by atoms with Crippen LogP contribution in [0, 0.1) is 0 Å². The topological polar surface area (TPSA) is 72.0 Å². The lowest BCUT2D eigenvalue weighted by molar-refractivity contribution is -0.140. The molecule has 6 heteroatoms. The van der Waals surface area contributed by atoms with Crippen molar-refractivity contribution in [2.24, 2.45) is 0 Å². The number of ether oxygens (including phenoxy) is 1. The summed E-state index contributed by atoms with van der Waals surface area (Å²) in [7, 11) is 0. The highest BCUT2D eigenvalue weighted by atomic mass is 32.2. The van der Waals surface area contributed by atoms with Crippen molar-refractivity contribution in [1.82, 2.24) is 9.97 Å². The molecule has 0 aliphatic carbocycles. The third-order valence-electron chi connectivity index (χ3n) is 2.35. The van der Waals surface area contributed by atoms with E-state index in [9.17, 15) is 9.59 Å². The smallest absolute Gasteiger partial charge is 0.316 e. The lowest BCUT2D eigenvalue weighted by Crippen LogP contribution is -2.12. The monoisotopic (exact) mass is 284 g/mol. The van der Waals surface area contributed by atoms with Crippen LogP contribution in [0.1, 0.15) is 38.8 Å². The largest absolute Gasteiger partial charge is 0.465 e. The highest BCUT2D eigenvalue weighted by Crippen LogP contribution is 2.12. The maximum Gasteiger partial charge on any atom is 0.316 e. The van der Waals surface area contributed by atoms with Crippen molar-refractivity contribution in [2.45, 2.75) is 44.7 Å². The first-order valence-electron chi connectivity index (χ1n) is 6.54. The first-order valence-corrected chi connectivity index (χ1v) is 7.53. The van der Waals surface area contributed by atoms with Crippen LogP contribution in [0.3, 0.4) is 0 Å². The Labute approximate surface area is 117 Å². The number of nitrogens with zero attached hydrogens (tertiary/aromatic N) is 1. The zero-order chi connectivity index (χ0) is 14.1. The molecule has 0 amide bonds. The molecule has 1 heterocycles. The van der Waals surface area contributed by atoms with Crippen LogP contribution in [0.25, 0.3) is 0 Å². The maximum absolute atomic E-state index is 11.5. The van der Waals surface area contributed by atoms with E-state index in [2.05, 4.69) is 16.9 Å². The van der Waals surface area contributed by atoms with Gasteiger partial charge in [-0.05, 0) is 19.3 Å². The van der Waals surface area contributed by atoms with Crippen LogP contribution in [0.4, 0.5) is 0 Å². The third-order valence-corrected chi connectivity index (χ3v) is 3.20. The van der Waals surface area contributed by atoms with Gasteiger partial charge >= 0.3 is 5.97 Å². The second-order valence-electron chi connectivity index (χ2n) is 4.15. The van der Waals surface area contributed by atoms with E-state index in [1.807, 2.05) is 6.92 Å². The molecule has 0 atom stereocenters. The Hall–Kier alpha value is -1.30. The van der Waals surface area contributed by atoms with Crippen molar-refractivity contribution in [2.75, 3.05) is 12.4 Å². The zero-order valence-electron chi connectivity index (χ0n) is 11.4. The minimum absolute atomic E-state index is 0.167. The molecule has 106 valence electrons. The number of carbonyl (C=O) groups is 1. The number of unbranched alkanes of at least 4 members (excludes halogenated alkanes) is 1. The van der Waals surface area contributed by atoms with E-state index in [1.54, 1.807) is 0 Å². The molecule has 0 saturated heterocycles. The average molecular weight is 284 g/mol. The lowest BCUT2D eigenvalue weighted by atomic mass is 10.2. The first-order chi connectivity index (χ1) is 9.15. The van der Waals surface area contributed by atoms with Crippen LogP contribution < -0.4 is 5.56 Å². The number of esters is 1. The summed E-state index contributed by atoms with van der Waals surface area (Å²) in [5, 5.41) is 0.479. The Morgan fingerprint density at radius 2 is 2.21 bits per heavy atom. The molecular weight excluding hydrogens is 264 g/mol. The van der Waals surface area contributed by atoms with Gasteiger partial charge in [0.15, 0.2) is 5.16 Å². The minimum Gasteiger partial charge on any atom is -0.465 e. The fraction of sp³-hybridized carbons (Fsp3) is 0.615. The van der Waals surface area contributed by atoms with Crippen molar-refractivity contribution in [3.63, 3.8) is 0 Å². The normalized spacial score (nSPS) is 10.4. The van der Waals surface area contributed by atoms with Gasteiger partial charge in [-0.25, -0.2) is 4.98 Å². The predicted molar refractivity (Wildman–Crippen MR) is 75.4 cm³/mol. The highest BCUT2D eigenvalue weighted by Gasteiger charge is 2.07. The molecule has 5 nitrogen and oxygen atoms in total. The van der Waals surface area contributed by atoms with Crippen LogP contribution in [0.15, 0.2) is 16.0 Å². The summed E-state index contributed by atoms with van der Waals surface area (Å²) < 4.78 is 4.96. The van der Waals surface area contributed by atoms with Gasteiger partial charge in [-0.15, -0.1) is 0 Å². The average Bonchev–Trinajstić information content (AvgIpc) is 2.40. The number of aromatic amines is 1. The zero-order valence-corrected chi connectivity index (χ0v) is 12.2. The molecule has 19 heavy (non-hydrogen) atoms. The van der Waals surface area contributed by atoms with Crippen LogP contribution in [-0.2, 0) is 16.0 Å². The van der Waals surface area contributed by atoms with Gasteiger partial charge < -0.3 is 9.72 Å². The molecule has 1 N–H and O–H groups in total. The van der Waals surface area contributed by atoms with Gasteiger partial charge in [0.2, 0.25) is 0 Å². The number of thioether (sulfide) groups is 1. The van der Waals surface area contributed by atoms with E-state index in [4.69, 9.17) is 4.74 Å². The van der Waals surface area contributed by atoms with Crippen LogP contribution in [-0.4, -0.2) is 28.3 Å². The summed E-state index contributed by atoms with van der Waals surface area (Å²) in [4.78, 5) is 29.8. The highest BCUT2D eigenvalue weighted by molar-refractivity contribution is 7.99. The third kappa shape index (κ3) is 6.42. The molecule has 0 fully saturated rings. The molecule has 0 aromatic carbocycles. The molecule has 0 aliphatic heterocycles. The van der Waals surface area contributed by atoms with Crippen molar-refractivity contribution in [3.05, 3.63) is 22.1 Å². The summed E-state index contributed by atoms with van der Waals surface area (Å²) in [5.74, 6) is -0.117. The molecule has 1 rings (SSSR count). The summed E-state index contributed by atoms with van der Waals surface area (Å²) in [6.07, 6.45) is 3.64. The molecule has 0 aliphatic rings. The Morgan fingerprint density at radius 1 is 1.42 bits per heavy atom. The molecular formula is C13H20N2O3S. The Morgan fingerprint density at radius 3 is 2.89 bits per heavy atom. The van der Waals surface area contributed by atoms with Gasteiger partial charge in [0.25, 0.3) is 5.56 Å². The summed E-state index contributed by atoms with van der Waals surface area (Å²) in [6.45, 7) is 4.46. The molecule has 0 saturated carbocycles. The Balaban J connectivity index is 2.55.